The standard InChI is InChI=1S/C13H16O/c14-9-8-13(12-6-7-12)10-11-4-2-1-3-5-11/h1-5,9,12-13H,6-8,10H2. The molecule has 0 aliphatic heterocycles. The number of benzene rings is 1. The molecule has 0 N–H and O–H groups in total. The van der Waals surface area contributed by atoms with E-state index in [2.05, 4.69) is 24.3 Å². The average molecular weight is 188 g/mol. The van der Waals surface area contributed by atoms with E-state index in [0.29, 0.717) is 5.92 Å². The van der Waals surface area contributed by atoms with Gasteiger partial charge in [-0.3, -0.25) is 0 Å². The second-order valence-corrected chi connectivity index (χ2v) is 4.19. The summed E-state index contributed by atoms with van der Waals surface area (Å²) in [6.45, 7) is 0. The maximum atomic E-state index is 10.5. The summed E-state index contributed by atoms with van der Waals surface area (Å²) in [6.07, 6.45) is 5.53. The molecule has 0 aromatic heterocycles. The molecule has 74 valence electrons. The normalized spacial score (nSPS) is 17.7. The molecule has 0 bridgehead atoms. The third-order valence-electron chi connectivity index (χ3n) is 3.03. The fraction of sp³-hybridized carbons (Fsp3) is 0.462. The summed E-state index contributed by atoms with van der Waals surface area (Å²) in [5.41, 5.74) is 1.37. The fourth-order valence-electron chi connectivity index (χ4n) is 2.05. The molecule has 0 heterocycles. The first-order valence-electron chi connectivity index (χ1n) is 5.37. The van der Waals surface area contributed by atoms with Gasteiger partial charge in [0, 0.05) is 6.42 Å². The molecule has 1 heteroatoms. The second-order valence-electron chi connectivity index (χ2n) is 4.19. The summed E-state index contributed by atoms with van der Waals surface area (Å²) < 4.78 is 0. The van der Waals surface area contributed by atoms with Gasteiger partial charge in [0.2, 0.25) is 0 Å². The Kier molecular flexibility index (Phi) is 2.97. The molecule has 1 saturated carbocycles. The van der Waals surface area contributed by atoms with E-state index in [-0.39, 0.29) is 0 Å². The van der Waals surface area contributed by atoms with Crippen LogP contribution in [0.4, 0.5) is 0 Å². The molecule has 1 unspecified atom stereocenters. The van der Waals surface area contributed by atoms with Crippen LogP contribution in [-0.2, 0) is 11.2 Å². The molecule has 1 aromatic rings. The first-order chi connectivity index (χ1) is 6.90. The van der Waals surface area contributed by atoms with Crippen molar-refractivity contribution in [2.45, 2.75) is 25.7 Å². The van der Waals surface area contributed by atoms with E-state index in [0.717, 1.165) is 25.0 Å². The van der Waals surface area contributed by atoms with Crippen molar-refractivity contribution < 1.29 is 4.79 Å². The number of carbonyl (C=O) groups is 1. The van der Waals surface area contributed by atoms with Crippen molar-refractivity contribution in [3.63, 3.8) is 0 Å². The van der Waals surface area contributed by atoms with E-state index >= 15 is 0 Å². The summed E-state index contributed by atoms with van der Waals surface area (Å²) in [7, 11) is 0. The van der Waals surface area contributed by atoms with E-state index < -0.39 is 0 Å². The predicted molar refractivity (Wildman–Crippen MR) is 57.0 cm³/mol. The van der Waals surface area contributed by atoms with Crippen molar-refractivity contribution >= 4 is 6.29 Å². The van der Waals surface area contributed by atoms with Gasteiger partial charge >= 0.3 is 0 Å². The molecular formula is C13H16O. The average Bonchev–Trinajstić information content (AvgIpc) is 3.02. The third-order valence-corrected chi connectivity index (χ3v) is 3.03. The van der Waals surface area contributed by atoms with E-state index in [1.165, 1.54) is 18.4 Å². The monoisotopic (exact) mass is 188 g/mol. The van der Waals surface area contributed by atoms with Gasteiger partial charge in [-0.2, -0.15) is 0 Å². The lowest BCUT2D eigenvalue weighted by atomic mass is 9.92. The predicted octanol–water partition coefficient (Wildman–Crippen LogP) is 2.84. The summed E-state index contributed by atoms with van der Waals surface area (Å²) >= 11 is 0. The van der Waals surface area contributed by atoms with Gasteiger partial charge in [0.1, 0.15) is 6.29 Å². The smallest absolute Gasteiger partial charge is 0.120 e. The van der Waals surface area contributed by atoms with Gasteiger partial charge in [0.05, 0.1) is 0 Å². The summed E-state index contributed by atoms with van der Waals surface area (Å²) in [5, 5.41) is 0. The van der Waals surface area contributed by atoms with Gasteiger partial charge in [-0.25, -0.2) is 0 Å². The summed E-state index contributed by atoms with van der Waals surface area (Å²) in [4.78, 5) is 10.5. The summed E-state index contributed by atoms with van der Waals surface area (Å²) in [6, 6.07) is 10.5. The number of hydrogen-bond donors (Lipinski definition) is 0. The minimum atomic E-state index is 0.592. The van der Waals surface area contributed by atoms with E-state index in [9.17, 15) is 4.79 Å². The molecule has 1 aliphatic rings. The molecule has 0 spiro atoms. The molecule has 0 saturated heterocycles. The van der Waals surface area contributed by atoms with Crippen molar-refractivity contribution in [1.29, 1.82) is 0 Å². The van der Waals surface area contributed by atoms with Crippen LogP contribution in [0.15, 0.2) is 30.3 Å². The zero-order chi connectivity index (χ0) is 9.80. The fourth-order valence-corrected chi connectivity index (χ4v) is 2.05. The Bertz CT molecular complexity index is 287. The molecule has 1 nitrogen and oxygen atoms in total. The van der Waals surface area contributed by atoms with E-state index in [1.807, 2.05) is 6.07 Å². The quantitative estimate of drug-likeness (QED) is 0.649. The lowest BCUT2D eigenvalue weighted by molar-refractivity contribution is -0.108. The van der Waals surface area contributed by atoms with Crippen molar-refractivity contribution in [2.75, 3.05) is 0 Å². The molecule has 1 aliphatic carbocycles. The van der Waals surface area contributed by atoms with Gasteiger partial charge in [0.15, 0.2) is 0 Å². The van der Waals surface area contributed by atoms with Crippen LogP contribution in [0, 0.1) is 11.8 Å². The van der Waals surface area contributed by atoms with E-state index in [4.69, 9.17) is 0 Å². The zero-order valence-corrected chi connectivity index (χ0v) is 8.36. The molecule has 2 rings (SSSR count). The Labute approximate surface area is 85.1 Å². The van der Waals surface area contributed by atoms with Gasteiger partial charge in [-0.1, -0.05) is 30.3 Å². The lowest BCUT2D eigenvalue weighted by Gasteiger charge is -2.12. The van der Waals surface area contributed by atoms with Crippen LogP contribution in [0.2, 0.25) is 0 Å². The van der Waals surface area contributed by atoms with Crippen molar-refractivity contribution in [3.05, 3.63) is 35.9 Å². The number of aldehydes is 1. The van der Waals surface area contributed by atoms with Crippen molar-refractivity contribution in [3.8, 4) is 0 Å². The van der Waals surface area contributed by atoms with Crippen LogP contribution in [0.5, 0.6) is 0 Å². The summed E-state index contributed by atoms with van der Waals surface area (Å²) in [5.74, 6) is 1.41. The third kappa shape index (κ3) is 2.44. The number of rotatable bonds is 5. The maximum absolute atomic E-state index is 10.5. The van der Waals surface area contributed by atoms with Gasteiger partial charge in [0.25, 0.3) is 0 Å². The zero-order valence-electron chi connectivity index (χ0n) is 8.36. The number of carbonyl (C=O) groups excluding carboxylic acids is 1. The van der Waals surface area contributed by atoms with Crippen LogP contribution in [0.3, 0.4) is 0 Å². The second kappa shape index (κ2) is 4.41. The molecule has 0 amide bonds. The van der Waals surface area contributed by atoms with Crippen LogP contribution >= 0.6 is 0 Å². The van der Waals surface area contributed by atoms with Crippen LogP contribution in [0.1, 0.15) is 24.8 Å². The number of hydrogen-bond acceptors (Lipinski definition) is 1. The highest BCUT2D eigenvalue weighted by atomic mass is 16.1. The minimum Gasteiger partial charge on any atom is -0.303 e. The van der Waals surface area contributed by atoms with Crippen LogP contribution < -0.4 is 0 Å². The van der Waals surface area contributed by atoms with Crippen LogP contribution in [-0.4, -0.2) is 6.29 Å². The maximum Gasteiger partial charge on any atom is 0.120 e. The Hall–Kier alpha value is -1.11. The van der Waals surface area contributed by atoms with Crippen molar-refractivity contribution in [2.24, 2.45) is 11.8 Å². The Morgan fingerprint density at radius 3 is 2.57 bits per heavy atom. The van der Waals surface area contributed by atoms with E-state index in [1.54, 1.807) is 0 Å². The van der Waals surface area contributed by atoms with Gasteiger partial charge in [-0.05, 0) is 36.7 Å². The Balaban J connectivity index is 1.96. The first-order valence-corrected chi connectivity index (χ1v) is 5.37. The molecule has 14 heavy (non-hydrogen) atoms. The molecular weight excluding hydrogens is 172 g/mol. The Morgan fingerprint density at radius 1 is 1.29 bits per heavy atom. The SMILES string of the molecule is O=CCC(Cc1ccccc1)C1CC1. The van der Waals surface area contributed by atoms with Gasteiger partial charge < -0.3 is 4.79 Å². The topological polar surface area (TPSA) is 17.1 Å². The largest absolute Gasteiger partial charge is 0.303 e. The highest BCUT2D eigenvalue weighted by molar-refractivity contribution is 5.50. The molecule has 1 fully saturated rings. The molecule has 1 aromatic carbocycles. The van der Waals surface area contributed by atoms with Crippen LogP contribution in [0.25, 0.3) is 0 Å². The highest BCUT2D eigenvalue weighted by Gasteiger charge is 2.30. The highest BCUT2D eigenvalue weighted by Crippen LogP contribution is 2.39. The molecule has 1 atom stereocenters. The van der Waals surface area contributed by atoms with Gasteiger partial charge in [-0.15, -0.1) is 0 Å². The lowest BCUT2D eigenvalue weighted by Crippen LogP contribution is -2.07. The Morgan fingerprint density at radius 2 is 2.00 bits per heavy atom. The molecule has 0 radical (unpaired) electrons. The first kappa shape index (κ1) is 9.45. The van der Waals surface area contributed by atoms with Crippen molar-refractivity contribution in [1.82, 2.24) is 0 Å². The minimum absolute atomic E-state index is 0.592.